The number of carboxylic acid groups (broad SMARTS) is 1. The molecular weight excluding hydrogens is 591 g/mol. The van der Waals surface area contributed by atoms with Crippen molar-refractivity contribution in [3.8, 4) is 22.4 Å². The number of rotatable bonds is 5. The third-order valence-corrected chi connectivity index (χ3v) is 7.15. The predicted octanol–water partition coefficient (Wildman–Crippen LogP) is 5.22. The molecule has 14 heteroatoms. The Morgan fingerprint density at radius 2 is 1.73 bits per heavy atom. The summed E-state index contributed by atoms with van der Waals surface area (Å²) in [7, 11) is 0. The zero-order valence-corrected chi connectivity index (χ0v) is 24.9. The summed E-state index contributed by atoms with van der Waals surface area (Å²) in [6.45, 7) is 10.1. The molecule has 4 heterocycles. The Morgan fingerprint density at radius 3 is 2.40 bits per heavy atom. The first-order valence-electron chi connectivity index (χ1n) is 13.9. The van der Waals surface area contributed by atoms with E-state index < -0.39 is 12.1 Å². The highest BCUT2D eigenvalue weighted by Gasteiger charge is 2.38. The predicted molar refractivity (Wildman–Crippen MR) is 157 cm³/mol. The van der Waals surface area contributed by atoms with Gasteiger partial charge in [-0.15, -0.1) is 0 Å². The van der Waals surface area contributed by atoms with E-state index in [-0.39, 0.29) is 17.1 Å². The van der Waals surface area contributed by atoms with E-state index in [0.29, 0.717) is 12.4 Å². The average molecular weight is 622 g/mol. The molecule has 6 rings (SSSR count). The quantitative estimate of drug-likeness (QED) is 0.240. The molecule has 1 amide bonds. The van der Waals surface area contributed by atoms with E-state index >= 15 is 0 Å². The largest absolute Gasteiger partial charge is 0.490 e. The summed E-state index contributed by atoms with van der Waals surface area (Å²) in [4.78, 5) is 30.3. The summed E-state index contributed by atoms with van der Waals surface area (Å²) in [5.74, 6) is -2.65. The summed E-state index contributed by atoms with van der Waals surface area (Å²) < 4.78 is 38.9. The number of nitrogens with one attached hydrogen (secondary N) is 2. The van der Waals surface area contributed by atoms with E-state index in [9.17, 15) is 18.0 Å². The first-order chi connectivity index (χ1) is 21.2. The van der Waals surface area contributed by atoms with Crippen molar-refractivity contribution in [2.45, 2.75) is 58.9 Å². The molecule has 3 N–H and O–H groups in total. The Balaban J connectivity index is 0.000000515. The molecule has 0 atom stereocenters. The van der Waals surface area contributed by atoms with E-state index in [4.69, 9.17) is 14.4 Å². The van der Waals surface area contributed by atoms with Gasteiger partial charge < -0.3 is 20.3 Å². The number of carbonyl (C=O) groups excluding carboxylic acids is 1. The molecule has 0 aliphatic carbocycles. The number of alkyl halides is 3. The summed E-state index contributed by atoms with van der Waals surface area (Å²) in [5, 5.41) is 21.7. The number of aryl methyl sites for hydroxylation is 1. The Kier molecular flexibility index (Phi) is 8.43. The molecule has 234 valence electrons. The fraction of sp³-hybridized carbons (Fsp3) is 0.290. The van der Waals surface area contributed by atoms with Crippen LogP contribution >= 0.6 is 0 Å². The molecule has 0 radical (unpaired) electrons. The third-order valence-electron chi connectivity index (χ3n) is 7.15. The van der Waals surface area contributed by atoms with E-state index in [2.05, 4.69) is 61.2 Å². The lowest BCUT2D eigenvalue weighted by molar-refractivity contribution is -0.192. The fourth-order valence-corrected chi connectivity index (χ4v) is 4.70. The Morgan fingerprint density at radius 1 is 1.02 bits per heavy atom. The molecule has 0 fully saturated rings. The minimum Gasteiger partial charge on any atom is -0.475 e. The highest BCUT2D eigenvalue weighted by molar-refractivity contribution is 5.90. The van der Waals surface area contributed by atoms with E-state index in [0.717, 1.165) is 46.6 Å². The normalized spacial score (nSPS) is 12.9. The van der Waals surface area contributed by atoms with Crippen molar-refractivity contribution in [3.05, 3.63) is 89.0 Å². The number of benzene rings is 2. The zero-order valence-electron chi connectivity index (χ0n) is 24.9. The second kappa shape index (κ2) is 12.1. The van der Waals surface area contributed by atoms with Crippen molar-refractivity contribution < 1.29 is 32.4 Å². The number of hydrogen-bond acceptors (Lipinski definition) is 8. The maximum absolute atomic E-state index is 12.6. The maximum Gasteiger partial charge on any atom is 0.490 e. The van der Waals surface area contributed by atoms with Crippen LogP contribution in [0.4, 0.5) is 13.2 Å². The first-order valence-corrected chi connectivity index (χ1v) is 13.9. The molecule has 5 aromatic rings. The highest BCUT2D eigenvalue weighted by atomic mass is 19.4. The minimum atomic E-state index is -5.08. The monoisotopic (exact) mass is 621 g/mol. The molecule has 0 spiro atoms. The van der Waals surface area contributed by atoms with Crippen LogP contribution < -0.4 is 10.6 Å². The Hall–Kier alpha value is -5.11. The molecule has 11 nitrogen and oxygen atoms in total. The molecule has 3 aromatic heterocycles. The van der Waals surface area contributed by atoms with Crippen LogP contribution in [0.2, 0.25) is 0 Å². The van der Waals surface area contributed by atoms with Crippen molar-refractivity contribution in [1.29, 1.82) is 0 Å². The summed E-state index contributed by atoms with van der Waals surface area (Å²) >= 11 is 0. The molecule has 1 aliphatic rings. The Labute approximate surface area is 255 Å². The smallest absolute Gasteiger partial charge is 0.475 e. The lowest BCUT2D eigenvalue weighted by Crippen LogP contribution is -2.24. The zero-order chi connectivity index (χ0) is 32.5. The van der Waals surface area contributed by atoms with Gasteiger partial charge in [-0.25, -0.2) is 14.3 Å². The van der Waals surface area contributed by atoms with Crippen LogP contribution in [0.3, 0.4) is 0 Å². The lowest BCUT2D eigenvalue weighted by Gasteiger charge is -2.10. The average Bonchev–Trinajstić information content (AvgIpc) is 3.75. The number of carbonyl (C=O) groups is 2. The van der Waals surface area contributed by atoms with Gasteiger partial charge in [-0.05, 0) is 52.9 Å². The molecule has 0 saturated carbocycles. The van der Waals surface area contributed by atoms with Crippen molar-refractivity contribution in [2.75, 3.05) is 0 Å². The van der Waals surface area contributed by atoms with Crippen LogP contribution in [0, 0.1) is 6.92 Å². The molecular formula is C31H30F3N7O4. The van der Waals surface area contributed by atoms with Gasteiger partial charge in [0.25, 0.3) is 11.7 Å². The molecule has 45 heavy (non-hydrogen) atoms. The fourth-order valence-electron chi connectivity index (χ4n) is 4.70. The number of fused-ring (bicyclic) bond motifs is 2. The van der Waals surface area contributed by atoms with Crippen LogP contribution in [-0.2, 0) is 29.8 Å². The van der Waals surface area contributed by atoms with Gasteiger partial charge in [0, 0.05) is 42.4 Å². The van der Waals surface area contributed by atoms with Crippen LogP contribution in [0.25, 0.3) is 27.9 Å². The topological polar surface area (TPSA) is 148 Å². The minimum absolute atomic E-state index is 0.0382. The van der Waals surface area contributed by atoms with Gasteiger partial charge in [-0.1, -0.05) is 50.2 Å². The number of aliphatic carboxylic acids is 1. The van der Waals surface area contributed by atoms with Crippen molar-refractivity contribution >= 4 is 17.4 Å². The number of carboxylic acids is 1. The molecule has 0 saturated heterocycles. The van der Waals surface area contributed by atoms with Gasteiger partial charge in [-0.2, -0.15) is 23.3 Å². The summed E-state index contributed by atoms with van der Waals surface area (Å²) in [5.41, 5.74) is 9.48. The number of amides is 1. The number of hydrogen-bond donors (Lipinski definition) is 3. The van der Waals surface area contributed by atoms with Gasteiger partial charge >= 0.3 is 12.1 Å². The second-order valence-corrected chi connectivity index (χ2v) is 11.6. The second-order valence-electron chi connectivity index (χ2n) is 11.6. The summed E-state index contributed by atoms with van der Waals surface area (Å²) in [6.07, 6.45) is -1.46. The van der Waals surface area contributed by atoms with Crippen LogP contribution in [-0.4, -0.2) is 47.9 Å². The SMILES string of the molecule is Cc1cc(-c2ncnn3cc(-c4ccc5c(c4)CNC5)cc23)ccc1CNC(=O)c1noc(C(C)(C)C)n1.O=C(O)C(F)(F)F. The van der Waals surface area contributed by atoms with Crippen LogP contribution in [0.1, 0.15) is 59.5 Å². The number of nitrogens with zero attached hydrogens (tertiary/aromatic N) is 5. The number of halogens is 3. The molecule has 1 aliphatic heterocycles. The number of aromatic nitrogens is 5. The third kappa shape index (κ3) is 7.01. The van der Waals surface area contributed by atoms with E-state index in [1.165, 1.54) is 16.7 Å². The van der Waals surface area contributed by atoms with Gasteiger partial charge in [0.2, 0.25) is 5.89 Å². The van der Waals surface area contributed by atoms with Gasteiger partial charge in [0.1, 0.15) is 6.33 Å². The van der Waals surface area contributed by atoms with E-state index in [1.807, 2.05) is 50.5 Å². The van der Waals surface area contributed by atoms with Gasteiger partial charge in [-0.3, -0.25) is 4.79 Å². The maximum atomic E-state index is 12.6. The molecule has 0 unspecified atom stereocenters. The highest BCUT2D eigenvalue weighted by Crippen LogP contribution is 2.31. The molecule has 0 bridgehead atoms. The Bertz CT molecular complexity index is 1890. The lowest BCUT2D eigenvalue weighted by atomic mass is 9.97. The first kappa shape index (κ1) is 31.3. The summed E-state index contributed by atoms with van der Waals surface area (Å²) in [6, 6.07) is 14.9. The van der Waals surface area contributed by atoms with Crippen LogP contribution in [0.15, 0.2) is 59.5 Å². The van der Waals surface area contributed by atoms with Gasteiger partial charge in [0.05, 0.1) is 11.2 Å². The van der Waals surface area contributed by atoms with Crippen molar-refractivity contribution in [3.63, 3.8) is 0 Å². The van der Waals surface area contributed by atoms with Gasteiger partial charge in [0.15, 0.2) is 0 Å². The standard InChI is InChI=1S/C29H29N7O2.C2HF3O2/c1-17-9-19(6-7-20(17)14-31-27(37)26-34-28(38-35-26)29(2,3)4)25-24-11-23(15-36(24)33-16-32-25)18-5-8-21-12-30-13-22(21)10-18;3-2(4,5)1(6)7/h5-11,15-16,30H,12-14H2,1-4H3,(H,31,37);(H,6,7). The van der Waals surface area contributed by atoms with Crippen LogP contribution in [0.5, 0.6) is 0 Å². The van der Waals surface area contributed by atoms with Crippen molar-refractivity contribution in [1.82, 2.24) is 35.4 Å². The molecule has 2 aromatic carbocycles. The van der Waals surface area contributed by atoms with Crippen molar-refractivity contribution in [2.24, 2.45) is 0 Å². The van der Waals surface area contributed by atoms with E-state index in [1.54, 1.807) is 6.33 Å².